The van der Waals surface area contributed by atoms with Crippen LogP contribution in [-0.2, 0) is 0 Å². The Kier molecular flexibility index (Phi) is 6.42. The lowest BCUT2D eigenvalue weighted by Gasteiger charge is -2.32. The third-order valence-electron chi connectivity index (χ3n) is 5.84. The number of nitrogens with one attached hydrogen (secondary N) is 1. The number of carbonyl (C=O) groups excluding carboxylic acids is 1. The molecular formula is C24H22F4N4O. The van der Waals surface area contributed by atoms with Crippen LogP contribution in [0.25, 0.3) is 11.3 Å². The van der Waals surface area contributed by atoms with E-state index in [2.05, 4.69) is 22.2 Å². The van der Waals surface area contributed by atoms with Crippen molar-refractivity contribution in [2.45, 2.75) is 38.1 Å². The maximum absolute atomic E-state index is 14.3. The number of halogens is 4. The summed E-state index contributed by atoms with van der Waals surface area (Å²) in [5, 5.41) is 2.72. The van der Waals surface area contributed by atoms with Gasteiger partial charge in [0.05, 0.1) is 17.4 Å². The summed E-state index contributed by atoms with van der Waals surface area (Å²) in [7, 11) is 0. The first-order chi connectivity index (χ1) is 15.7. The fourth-order valence-electron chi connectivity index (χ4n) is 4.47. The molecule has 2 heterocycles. The molecule has 3 aromatic rings. The van der Waals surface area contributed by atoms with Gasteiger partial charge in [0, 0.05) is 24.4 Å². The molecule has 9 heteroatoms. The number of rotatable bonds is 4. The lowest BCUT2D eigenvalue weighted by molar-refractivity contribution is 0.102. The predicted octanol–water partition coefficient (Wildman–Crippen LogP) is 5.18. The summed E-state index contributed by atoms with van der Waals surface area (Å²) in [6.07, 6.45) is 5.73. The summed E-state index contributed by atoms with van der Waals surface area (Å²) < 4.78 is 55.9. The monoisotopic (exact) mass is 458 g/mol. The van der Waals surface area contributed by atoms with Gasteiger partial charge in [0.25, 0.3) is 5.91 Å². The number of pyridine rings is 2. The van der Waals surface area contributed by atoms with Gasteiger partial charge in [0.1, 0.15) is 34.7 Å². The highest BCUT2D eigenvalue weighted by molar-refractivity contribution is 6.03. The van der Waals surface area contributed by atoms with Crippen LogP contribution in [0.15, 0.2) is 42.7 Å². The van der Waals surface area contributed by atoms with E-state index in [0.717, 1.165) is 37.0 Å². The van der Waals surface area contributed by atoms with Crippen molar-refractivity contribution in [2.24, 2.45) is 11.7 Å². The predicted molar refractivity (Wildman–Crippen MR) is 115 cm³/mol. The molecule has 1 saturated carbocycles. The Morgan fingerprint density at radius 2 is 1.76 bits per heavy atom. The van der Waals surface area contributed by atoms with Gasteiger partial charge in [-0.2, -0.15) is 0 Å². The van der Waals surface area contributed by atoms with Crippen LogP contribution in [0.3, 0.4) is 0 Å². The van der Waals surface area contributed by atoms with E-state index >= 15 is 0 Å². The Morgan fingerprint density at radius 3 is 2.45 bits per heavy atom. The molecule has 0 radical (unpaired) electrons. The van der Waals surface area contributed by atoms with Crippen LogP contribution in [0.1, 0.15) is 48.2 Å². The number of aromatic nitrogens is 2. The lowest BCUT2D eigenvalue weighted by atomic mass is 9.76. The van der Waals surface area contributed by atoms with Gasteiger partial charge in [0.15, 0.2) is 0 Å². The average molecular weight is 458 g/mol. The third kappa shape index (κ3) is 4.88. The molecule has 3 N–H and O–H groups in total. The van der Waals surface area contributed by atoms with E-state index in [4.69, 9.17) is 5.73 Å². The molecule has 3 atom stereocenters. The van der Waals surface area contributed by atoms with Gasteiger partial charge in [-0.25, -0.2) is 22.5 Å². The Labute approximate surface area is 188 Å². The molecule has 2 aromatic heterocycles. The molecule has 0 saturated heterocycles. The van der Waals surface area contributed by atoms with Gasteiger partial charge in [-0.05, 0) is 54.9 Å². The number of hydrogen-bond donors (Lipinski definition) is 2. The van der Waals surface area contributed by atoms with Crippen LogP contribution in [-0.4, -0.2) is 21.9 Å². The molecule has 172 valence electrons. The zero-order valence-electron chi connectivity index (χ0n) is 17.8. The summed E-state index contributed by atoms with van der Waals surface area (Å²) in [4.78, 5) is 20.8. The van der Waals surface area contributed by atoms with Crippen molar-refractivity contribution in [3.05, 3.63) is 77.3 Å². The van der Waals surface area contributed by atoms with Gasteiger partial charge < -0.3 is 11.1 Å². The third-order valence-corrected chi connectivity index (χ3v) is 5.84. The molecule has 4 rings (SSSR count). The van der Waals surface area contributed by atoms with Crippen molar-refractivity contribution in [3.8, 4) is 11.3 Å². The molecule has 1 aromatic carbocycles. The fraction of sp³-hybridized carbons (Fsp3) is 0.292. The second kappa shape index (κ2) is 9.27. The first-order valence-electron chi connectivity index (χ1n) is 10.5. The second-order valence-corrected chi connectivity index (χ2v) is 8.46. The molecular weight excluding hydrogens is 436 g/mol. The minimum absolute atomic E-state index is 0.0530. The number of nitrogens with zero attached hydrogens (tertiary/aromatic N) is 2. The smallest absolute Gasteiger partial charge is 0.274 e. The highest BCUT2D eigenvalue weighted by Crippen LogP contribution is 2.38. The van der Waals surface area contributed by atoms with E-state index in [1.807, 2.05) is 6.07 Å². The minimum Gasteiger partial charge on any atom is -0.328 e. The van der Waals surface area contributed by atoms with Crippen LogP contribution in [0.5, 0.6) is 0 Å². The van der Waals surface area contributed by atoms with Crippen molar-refractivity contribution < 1.29 is 22.4 Å². The van der Waals surface area contributed by atoms with E-state index in [0.29, 0.717) is 23.7 Å². The highest BCUT2D eigenvalue weighted by Gasteiger charge is 2.28. The Bertz CT molecular complexity index is 1170. The lowest BCUT2D eigenvalue weighted by Crippen LogP contribution is -2.31. The van der Waals surface area contributed by atoms with Crippen molar-refractivity contribution in [2.75, 3.05) is 5.32 Å². The van der Waals surface area contributed by atoms with Crippen molar-refractivity contribution in [1.82, 2.24) is 9.97 Å². The summed E-state index contributed by atoms with van der Waals surface area (Å²) in [6, 6.07) is 4.69. The highest BCUT2D eigenvalue weighted by atomic mass is 19.1. The topological polar surface area (TPSA) is 80.9 Å². The number of anilines is 1. The maximum Gasteiger partial charge on any atom is 0.274 e. The van der Waals surface area contributed by atoms with Crippen LogP contribution in [0, 0.1) is 29.2 Å². The van der Waals surface area contributed by atoms with Gasteiger partial charge in [-0.15, -0.1) is 0 Å². The van der Waals surface area contributed by atoms with Crippen LogP contribution in [0.2, 0.25) is 0 Å². The van der Waals surface area contributed by atoms with Crippen molar-refractivity contribution in [3.63, 3.8) is 0 Å². The molecule has 1 aliphatic rings. The average Bonchev–Trinajstić information content (AvgIpc) is 2.74. The van der Waals surface area contributed by atoms with E-state index in [-0.39, 0.29) is 17.7 Å². The van der Waals surface area contributed by atoms with E-state index in [1.54, 1.807) is 6.20 Å². The normalized spacial score (nSPS) is 20.5. The van der Waals surface area contributed by atoms with Gasteiger partial charge in [-0.1, -0.05) is 6.92 Å². The number of carbonyl (C=O) groups is 1. The fourth-order valence-corrected chi connectivity index (χ4v) is 4.47. The molecule has 0 aliphatic heterocycles. The van der Waals surface area contributed by atoms with Gasteiger partial charge in [-0.3, -0.25) is 9.78 Å². The molecule has 5 nitrogen and oxygen atoms in total. The van der Waals surface area contributed by atoms with Gasteiger partial charge >= 0.3 is 0 Å². The molecule has 0 bridgehead atoms. The Hall–Kier alpha value is -3.33. The Balaban J connectivity index is 1.64. The standard InChI is InChI=1S/C24H22F4N4O/c1-12-6-13(8-15(29)7-12)16-4-5-30-11-21(16)32-24(33)20-3-2-17(26)23(31-20)22-18(27)9-14(25)10-19(22)28/h2-5,9-13,15H,6-8,29H2,1H3,(H,32,33)/t12-,13+,15-/m0/s1. The molecule has 33 heavy (non-hydrogen) atoms. The number of hydrogen-bond acceptors (Lipinski definition) is 4. The maximum atomic E-state index is 14.3. The first-order valence-corrected chi connectivity index (χ1v) is 10.5. The minimum atomic E-state index is -1.33. The van der Waals surface area contributed by atoms with Crippen LogP contribution < -0.4 is 11.1 Å². The quantitative estimate of drug-likeness (QED) is 0.528. The number of benzene rings is 1. The number of amides is 1. The second-order valence-electron chi connectivity index (χ2n) is 8.46. The van der Waals surface area contributed by atoms with E-state index in [1.165, 1.54) is 6.20 Å². The van der Waals surface area contributed by atoms with Crippen LogP contribution in [0.4, 0.5) is 23.2 Å². The zero-order valence-corrected chi connectivity index (χ0v) is 17.8. The summed E-state index contributed by atoms with van der Waals surface area (Å²) >= 11 is 0. The summed E-state index contributed by atoms with van der Waals surface area (Å²) in [6.45, 7) is 2.13. The largest absolute Gasteiger partial charge is 0.328 e. The molecule has 1 fully saturated rings. The summed E-state index contributed by atoms with van der Waals surface area (Å²) in [5.74, 6) is -5.00. The van der Waals surface area contributed by atoms with Crippen LogP contribution >= 0.6 is 0 Å². The van der Waals surface area contributed by atoms with E-state index < -0.39 is 40.4 Å². The van der Waals surface area contributed by atoms with Gasteiger partial charge in [0.2, 0.25) is 0 Å². The van der Waals surface area contributed by atoms with Crippen molar-refractivity contribution >= 4 is 11.6 Å². The summed E-state index contributed by atoms with van der Waals surface area (Å²) in [5.41, 5.74) is 5.67. The van der Waals surface area contributed by atoms with E-state index in [9.17, 15) is 22.4 Å². The molecule has 1 aliphatic carbocycles. The van der Waals surface area contributed by atoms with Crippen molar-refractivity contribution in [1.29, 1.82) is 0 Å². The SMILES string of the molecule is C[C@@H]1C[C@H](N)C[C@H](c2ccncc2NC(=O)c2ccc(F)c(-c3c(F)cc(F)cc3F)n2)C1. The zero-order chi connectivity index (χ0) is 23.7. The first kappa shape index (κ1) is 22.8. The molecule has 1 amide bonds. The Morgan fingerprint density at radius 1 is 1.03 bits per heavy atom. The molecule has 0 spiro atoms. The number of nitrogens with two attached hydrogens (primary N) is 1. The molecule has 0 unspecified atom stereocenters.